The Hall–Kier alpha value is -0.690. The number of hydrogen-bond acceptors (Lipinski definition) is 5. The largest absolute Gasteiger partial charge is 0.388 e. The smallest absolute Gasteiger partial charge is 0.237 e. The van der Waals surface area contributed by atoms with Crippen molar-refractivity contribution < 1.29 is 19.4 Å². The van der Waals surface area contributed by atoms with Crippen molar-refractivity contribution in [2.75, 3.05) is 33.5 Å². The molecule has 0 aromatic carbocycles. The lowest BCUT2D eigenvalue weighted by Gasteiger charge is -2.32. The van der Waals surface area contributed by atoms with Crippen LogP contribution >= 0.6 is 0 Å². The summed E-state index contributed by atoms with van der Waals surface area (Å²) in [4.78, 5) is 11.7. The third-order valence-corrected chi connectivity index (χ3v) is 3.22. The van der Waals surface area contributed by atoms with Crippen molar-refractivity contribution in [3.63, 3.8) is 0 Å². The topological polar surface area (TPSA) is 93.8 Å². The summed E-state index contributed by atoms with van der Waals surface area (Å²) < 4.78 is 10.1. The van der Waals surface area contributed by atoms with Gasteiger partial charge in [-0.1, -0.05) is 0 Å². The number of nitrogens with one attached hydrogen (secondary N) is 1. The fourth-order valence-electron chi connectivity index (χ4n) is 1.89. The minimum absolute atomic E-state index is 0.217. The lowest BCUT2D eigenvalue weighted by molar-refractivity contribution is -0.125. The van der Waals surface area contributed by atoms with E-state index in [9.17, 15) is 9.90 Å². The number of methoxy groups -OCH3 is 1. The zero-order chi connectivity index (χ0) is 13.4. The maximum Gasteiger partial charge on any atom is 0.237 e. The molecule has 1 fully saturated rings. The molecule has 1 amide bonds. The highest BCUT2D eigenvalue weighted by Gasteiger charge is 2.30. The van der Waals surface area contributed by atoms with Gasteiger partial charge in [0.25, 0.3) is 0 Å². The van der Waals surface area contributed by atoms with Crippen molar-refractivity contribution >= 4 is 5.91 Å². The molecule has 0 aromatic heterocycles. The first-order valence-electron chi connectivity index (χ1n) is 6.40. The molecular formula is C12H24N2O4. The minimum atomic E-state index is -0.847. The highest BCUT2D eigenvalue weighted by molar-refractivity contribution is 5.81. The number of aliphatic hydroxyl groups is 1. The van der Waals surface area contributed by atoms with E-state index >= 15 is 0 Å². The normalized spacial score (nSPS) is 20.4. The van der Waals surface area contributed by atoms with E-state index in [0.717, 1.165) is 6.42 Å². The van der Waals surface area contributed by atoms with Crippen molar-refractivity contribution in [3.05, 3.63) is 0 Å². The highest BCUT2D eigenvalue weighted by atomic mass is 16.5. The van der Waals surface area contributed by atoms with Crippen molar-refractivity contribution in [1.29, 1.82) is 0 Å². The summed E-state index contributed by atoms with van der Waals surface area (Å²) >= 11 is 0. The molecule has 1 aliphatic rings. The fourth-order valence-corrected chi connectivity index (χ4v) is 1.89. The maximum atomic E-state index is 11.7. The van der Waals surface area contributed by atoms with Crippen LogP contribution in [0.15, 0.2) is 0 Å². The van der Waals surface area contributed by atoms with Gasteiger partial charge in [-0.25, -0.2) is 0 Å². The zero-order valence-corrected chi connectivity index (χ0v) is 11.0. The summed E-state index contributed by atoms with van der Waals surface area (Å²) in [6.07, 6.45) is 2.43. The van der Waals surface area contributed by atoms with Gasteiger partial charge in [-0.3, -0.25) is 4.79 Å². The predicted molar refractivity (Wildman–Crippen MR) is 67.1 cm³/mol. The summed E-state index contributed by atoms with van der Waals surface area (Å²) in [7, 11) is 1.62. The van der Waals surface area contributed by atoms with E-state index in [4.69, 9.17) is 15.2 Å². The van der Waals surface area contributed by atoms with E-state index in [1.54, 1.807) is 7.11 Å². The molecule has 1 aliphatic heterocycles. The molecule has 0 radical (unpaired) electrons. The molecule has 0 aromatic rings. The zero-order valence-electron chi connectivity index (χ0n) is 11.0. The van der Waals surface area contributed by atoms with E-state index in [0.29, 0.717) is 39.1 Å². The van der Waals surface area contributed by atoms with Gasteiger partial charge in [-0.05, 0) is 12.8 Å². The third-order valence-electron chi connectivity index (χ3n) is 3.22. The Morgan fingerprint density at radius 1 is 1.56 bits per heavy atom. The van der Waals surface area contributed by atoms with Gasteiger partial charge >= 0.3 is 0 Å². The molecule has 1 unspecified atom stereocenters. The Morgan fingerprint density at radius 3 is 2.83 bits per heavy atom. The molecule has 18 heavy (non-hydrogen) atoms. The van der Waals surface area contributed by atoms with Gasteiger partial charge in [0.2, 0.25) is 5.91 Å². The van der Waals surface area contributed by atoms with Gasteiger partial charge < -0.3 is 25.6 Å². The molecule has 4 N–H and O–H groups in total. The van der Waals surface area contributed by atoms with Crippen LogP contribution in [0.3, 0.4) is 0 Å². The average Bonchev–Trinajstić information content (AvgIpc) is 2.37. The maximum absolute atomic E-state index is 11.7. The summed E-state index contributed by atoms with van der Waals surface area (Å²) in [6.45, 7) is 1.91. The Kier molecular flexibility index (Phi) is 6.56. The summed E-state index contributed by atoms with van der Waals surface area (Å²) in [5.74, 6) is -0.217. The van der Waals surface area contributed by atoms with Crippen LogP contribution in [0.1, 0.15) is 25.7 Å². The van der Waals surface area contributed by atoms with Gasteiger partial charge in [0.05, 0.1) is 11.6 Å². The Bertz CT molecular complexity index is 254. The monoisotopic (exact) mass is 260 g/mol. The van der Waals surface area contributed by atoms with Gasteiger partial charge in [-0.15, -0.1) is 0 Å². The summed E-state index contributed by atoms with van der Waals surface area (Å²) in [6, 6.07) is -0.538. The molecule has 1 heterocycles. The molecule has 1 rings (SSSR count). The van der Waals surface area contributed by atoms with Gasteiger partial charge in [0, 0.05) is 46.3 Å². The SMILES string of the molecule is COCCCC(N)C(=O)NCC1(O)CCOCC1. The molecule has 6 heteroatoms. The number of nitrogens with two attached hydrogens (primary N) is 1. The van der Waals surface area contributed by atoms with Crippen LogP contribution < -0.4 is 11.1 Å². The second-order valence-corrected chi connectivity index (χ2v) is 4.80. The van der Waals surface area contributed by atoms with Crippen molar-refractivity contribution in [2.45, 2.75) is 37.3 Å². The van der Waals surface area contributed by atoms with E-state index < -0.39 is 11.6 Å². The standard InChI is InChI=1S/C12H24N2O4/c1-17-6-2-3-10(13)11(15)14-9-12(16)4-7-18-8-5-12/h10,16H,2-9,13H2,1H3,(H,14,15). The summed E-state index contributed by atoms with van der Waals surface area (Å²) in [5.41, 5.74) is 4.90. The molecule has 0 spiro atoms. The molecular weight excluding hydrogens is 236 g/mol. The molecule has 0 saturated carbocycles. The second-order valence-electron chi connectivity index (χ2n) is 4.80. The molecule has 1 atom stereocenters. The van der Waals surface area contributed by atoms with E-state index in [1.807, 2.05) is 0 Å². The van der Waals surface area contributed by atoms with Crippen LogP contribution in [0.4, 0.5) is 0 Å². The molecule has 0 aliphatic carbocycles. The first-order valence-corrected chi connectivity index (χ1v) is 6.40. The number of carbonyl (C=O) groups is 1. The van der Waals surface area contributed by atoms with E-state index in [2.05, 4.69) is 5.32 Å². The molecule has 1 saturated heterocycles. The van der Waals surface area contributed by atoms with Crippen LogP contribution in [-0.2, 0) is 14.3 Å². The number of rotatable bonds is 7. The highest BCUT2D eigenvalue weighted by Crippen LogP contribution is 2.19. The fraction of sp³-hybridized carbons (Fsp3) is 0.917. The Labute approximate surface area is 108 Å². The number of ether oxygens (including phenoxy) is 2. The van der Waals surface area contributed by atoms with Gasteiger partial charge in [-0.2, -0.15) is 0 Å². The number of carbonyl (C=O) groups excluding carboxylic acids is 1. The lowest BCUT2D eigenvalue weighted by Crippen LogP contribution is -2.50. The Balaban J connectivity index is 2.22. The number of amides is 1. The van der Waals surface area contributed by atoms with E-state index in [-0.39, 0.29) is 12.5 Å². The molecule has 0 bridgehead atoms. The third kappa shape index (κ3) is 5.30. The predicted octanol–water partition coefficient (Wildman–Crippen LogP) is -0.602. The van der Waals surface area contributed by atoms with Crippen LogP contribution in [-0.4, -0.2) is 56.1 Å². The van der Waals surface area contributed by atoms with Crippen molar-refractivity contribution in [1.82, 2.24) is 5.32 Å². The van der Waals surface area contributed by atoms with Crippen molar-refractivity contribution in [3.8, 4) is 0 Å². The van der Waals surface area contributed by atoms with Gasteiger partial charge in [0.15, 0.2) is 0 Å². The lowest BCUT2D eigenvalue weighted by atomic mass is 9.94. The first-order chi connectivity index (χ1) is 8.57. The second kappa shape index (κ2) is 7.68. The van der Waals surface area contributed by atoms with Crippen LogP contribution in [0.25, 0.3) is 0 Å². The summed E-state index contributed by atoms with van der Waals surface area (Å²) in [5, 5.41) is 12.9. The van der Waals surface area contributed by atoms with Crippen LogP contribution in [0.5, 0.6) is 0 Å². The first kappa shape index (κ1) is 15.4. The van der Waals surface area contributed by atoms with E-state index in [1.165, 1.54) is 0 Å². The Morgan fingerprint density at radius 2 is 2.22 bits per heavy atom. The molecule has 106 valence electrons. The number of hydrogen-bond donors (Lipinski definition) is 3. The minimum Gasteiger partial charge on any atom is -0.388 e. The van der Waals surface area contributed by atoms with Crippen LogP contribution in [0, 0.1) is 0 Å². The van der Waals surface area contributed by atoms with Crippen LogP contribution in [0.2, 0.25) is 0 Å². The molecule has 6 nitrogen and oxygen atoms in total. The van der Waals surface area contributed by atoms with Crippen molar-refractivity contribution in [2.24, 2.45) is 5.73 Å². The quantitative estimate of drug-likeness (QED) is 0.531. The van der Waals surface area contributed by atoms with Gasteiger partial charge in [0.1, 0.15) is 0 Å². The average molecular weight is 260 g/mol.